The Labute approximate surface area is 163 Å². The van der Waals surface area contributed by atoms with Gasteiger partial charge in [-0.15, -0.1) is 11.8 Å². The van der Waals surface area contributed by atoms with Crippen LogP contribution in [-0.2, 0) is 16.0 Å². The van der Waals surface area contributed by atoms with Gasteiger partial charge >= 0.3 is 5.97 Å². The van der Waals surface area contributed by atoms with E-state index in [2.05, 4.69) is 5.32 Å². The number of carbonyl (C=O) groups is 2. The predicted molar refractivity (Wildman–Crippen MR) is 107 cm³/mol. The Balaban J connectivity index is 1.73. The molecular formula is C21H23NO4S. The van der Waals surface area contributed by atoms with Gasteiger partial charge in [-0.1, -0.05) is 12.1 Å². The molecule has 1 aliphatic heterocycles. The lowest BCUT2D eigenvalue weighted by Crippen LogP contribution is -2.31. The zero-order valence-electron chi connectivity index (χ0n) is 15.9. The summed E-state index contributed by atoms with van der Waals surface area (Å²) in [4.78, 5) is 25.7. The van der Waals surface area contributed by atoms with Crippen molar-refractivity contribution in [3.05, 3.63) is 53.6 Å². The van der Waals surface area contributed by atoms with Crippen LogP contribution in [0.2, 0.25) is 0 Å². The topological polar surface area (TPSA) is 64.6 Å². The van der Waals surface area contributed by atoms with Crippen LogP contribution in [0.25, 0.3) is 0 Å². The average Bonchev–Trinajstić information content (AvgIpc) is 2.61. The smallest absolute Gasteiger partial charge is 0.338 e. The fourth-order valence-electron chi connectivity index (χ4n) is 2.72. The maximum Gasteiger partial charge on any atom is 0.338 e. The van der Waals surface area contributed by atoms with Gasteiger partial charge in [-0.05, 0) is 63.1 Å². The number of benzene rings is 2. The monoisotopic (exact) mass is 385 g/mol. The van der Waals surface area contributed by atoms with Gasteiger partial charge in [0, 0.05) is 4.90 Å². The minimum atomic E-state index is -0.561. The molecule has 1 aliphatic rings. The van der Waals surface area contributed by atoms with Crippen LogP contribution in [0.5, 0.6) is 5.75 Å². The van der Waals surface area contributed by atoms with Crippen LogP contribution in [-0.4, -0.2) is 29.8 Å². The lowest BCUT2D eigenvalue weighted by atomic mass is 10.1. The molecule has 1 amide bonds. The highest BCUT2D eigenvalue weighted by molar-refractivity contribution is 8.01. The second kappa shape index (κ2) is 7.64. The summed E-state index contributed by atoms with van der Waals surface area (Å²) in [6, 6.07) is 13.0. The molecule has 142 valence electrons. The van der Waals surface area contributed by atoms with Crippen LogP contribution in [0.4, 0.5) is 5.69 Å². The summed E-state index contributed by atoms with van der Waals surface area (Å²) in [5.74, 6) is 0.328. The van der Waals surface area contributed by atoms with Crippen molar-refractivity contribution in [1.29, 1.82) is 0 Å². The number of carbonyl (C=O) groups excluding carboxylic acids is 2. The number of esters is 1. The lowest BCUT2D eigenvalue weighted by Gasteiger charge is -2.25. The highest BCUT2D eigenvalue weighted by atomic mass is 32.2. The van der Waals surface area contributed by atoms with Crippen molar-refractivity contribution in [2.24, 2.45) is 0 Å². The number of hydrogen-bond donors (Lipinski definition) is 1. The number of thioether (sulfide) groups is 1. The molecular weight excluding hydrogens is 362 g/mol. The molecule has 1 atom stereocenters. The molecule has 0 aromatic heterocycles. The van der Waals surface area contributed by atoms with Gasteiger partial charge in [0.05, 0.1) is 23.6 Å². The van der Waals surface area contributed by atoms with E-state index >= 15 is 0 Å². The maximum absolute atomic E-state index is 12.5. The molecule has 0 radical (unpaired) electrons. The van der Waals surface area contributed by atoms with Crippen molar-refractivity contribution in [2.45, 2.75) is 42.9 Å². The minimum absolute atomic E-state index is 0.0651. The molecule has 0 saturated carbocycles. The number of amides is 1. The Morgan fingerprint density at radius 2 is 1.85 bits per heavy atom. The Bertz CT molecular complexity index is 855. The Kier molecular flexibility index (Phi) is 5.46. The molecule has 27 heavy (non-hydrogen) atoms. The van der Waals surface area contributed by atoms with Crippen LogP contribution in [0.15, 0.2) is 47.4 Å². The van der Waals surface area contributed by atoms with Crippen molar-refractivity contribution in [3.8, 4) is 5.75 Å². The third-order valence-corrected chi connectivity index (χ3v) is 5.29. The summed E-state index contributed by atoms with van der Waals surface area (Å²) in [7, 11) is 1.63. The molecule has 0 aliphatic carbocycles. The van der Waals surface area contributed by atoms with Crippen LogP contribution in [0.1, 0.15) is 36.7 Å². The van der Waals surface area contributed by atoms with E-state index in [1.807, 2.05) is 51.1 Å². The van der Waals surface area contributed by atoms with E-state index in [1.54, 1.807) is 19.2 Å². The molecule has 1 unspecified atom stereocenters. The fraction of sp³-hybridized carbons (Fsp3) is 0.333. The van der Waals surface area contributed by atoms with Gasteiger partial charge in [0.2, 0.25) is 5.91 Å². The first-order valence-corrected chi connectivity index (χ1v) is 9.61. The second-order valence-electron chi connectivity index (χ2n) is 7.36. The van der Waals surface area contributed by atoms with Gasteiger partial charge in [0.15, 0.2) is 0 Å². The standard InChI is InChI=1S/C21H23NO4S/c1-21(2,3)26-20(24)14-7-10-17-16(12-14)22-19(23)18(27-17)11-13-5-8-15(25-4)9-6-13/h5-10,12,18H,11H2,1-4H3,(H,22,23). The van der Waals surface area contributed by atoms with Gasteiger partial charge in [-0.2, -0.15) is 0 Å². The number of hydrogen-bond acceptors (Lipinski definition) is 5. The number of rotatable bonds is 4. The quantitative estimate of drug-likeness (QED) is 0.795. The van der Waals surface area contributed by atoms with Crippen LogP contribution < -0.4 is 10.1 Å². The van der Waals surface area contributed by atoms with Crippen LogP contribution in [0.3, 0.4) is 0 Å². The normalized spacial score (nSPS) is 16.3. The summed E-state index contributed by atoms with van der Waals surface area (Å²) in [6.45, 7) is 5.47. The maximum atomic E-state index is 12.5. The zero-order valence-corrected chi connectivity index (χ0v) is 16.7. The van der Waals surface area contributed by atoms with Crippen LogP contribution >= 0.6 is 11.8 Å². The molecule has 0 spiro atoms. The molecule has 1 heterocycles. The van der Waals surface area contributed by atoms with E-state index in [1.165, 1.54) is 11.8 Å². The fourth-order valence-corrected chi connectivity index (χ4v) is 3.86. The molecule has 1 N–H and O–H groups in total. The van der Waals surface area contributed by atoms with E-state index in [9.17, 15) is 9.59 Å². The van der Waals surface area contributed by atoms with Gasteiger partial charge in [-0.25, -0.2) is 4.79 Å². The highest BCUT2D eigenvalue weighted by Gasteiger charge is 2.28. The molecule has 6 heteroatoms. The molecule has 0 saturated heterocycles. The third-order valence-electron chi connectivity index (χ3n) is 4.01. The van der Waals surface area contributed by atoms with Crippen molar-refractivity contribution >= 4 is 29.3 Å². The van der Waals surface area contributed by atoms with E-state index in [4.69, 9.17) is 9.47 Å². The number of anilines is 1. The molecule has 2 aromatic rings. The summed E-state index contributed by atoms with van der Waals surface area (Å²) in [5, 5.41) is 2.69. The SMILES string of the molecule is COc1ccc(CC2Sc3ccc(C(=O)OC(C)(C)C)cc3NC2=O)cc1. The van der Waals surface area contributed by atoms with Crippen molar-refractivity contribution < 1.29 is 19.1 Å². The van der Waals surface area contributed by atoms with Gasteiger partial charge in [0.25, 0.3) is 0 Å². The lowest BCUT2D eigenvalue weighted by molar-refractivity contribution is -0.115. The molecule has 5 nitrogen and oxygen atoms in total. The number of ether oxygens (including phenoxy) is 2. The van der Waals surface area contributed by atoms with E-state index < -0.39 is 11.6 Å². The summed E-state index contributed by atoms with van der Waals surface area (Å²) in [6.07, 6.45) is 0.619. The largest absolute Gasteiger partial charge is 0.497 e. The van der Waals surface area contributed by atoms with Crippen molar-refractivity contribution in [3.63, 3.8) is 0 Å². The number of nitrogens with one attached hydrogen (secondary N) is 1. The average molecular weight is 385 g/mol. The highest BCUT2D eigenvalue weighted by Crippen LogP contribution is 2.37. The van der Waals surface area contributed by atoms with Crippen molar-refractivity contribution in [1.82, 2.24) is 0 Å². The first kappa shape index (κ1) is 19.3. The van der Waals surface area contributed by atoms with Crippen molar-refractivity contribution in [2.75, 3.05) is 12.4 Å². The van der Waals surface area contributed by atoms with Gasteiger partial charge in [0.1, 0.15) is 11.4 Å². The van der Waals surface area contributed by atoms with Gasteiger partial charge in [-0.3, -0.25) is 4.79 Å². The molecule has 0 fully saturated rings. The first-order valence-electron chi connectivity index (χ1n) is 8.73. The van der Waals surface area contributed by atoms with Gasteiger partial charge < -0.3 is 14.8 Å². The van der Waals surface area contributed by atoms with E-state index in [0.29, 0.717) is 17.7 Å². The Morgan fingerprint density at radius 1 is 1.15 bits per heavy atom. The molecule has 0 bridgehead atoms. The minimum Gasteiger partial charge on any atom is -0.497 e. The summed E-state index contributed by atoms with van der Waals surface area (Å²) in [5.41, 5.74) is 1.59. The van der Waals surface area contributed by atoms with Crippen LogP contribution in [0, 0.1) is 0 Å². The Hall–Kier alpha value is -2.47. The zero-order chi connectivity index (χ0) is 19.6. The number of methoxy groups -OCH3 is 1. The summed E-state index contributed by atoms with van der Waals surface area (Å²) >= 11 is 1.51. The summed E-state index contributed by atoms with van der Waals surface area (Å²) < 4.78 is 10.6. The predicted octanol–water partition coefficient (Wildman–Crippen LogP) is 4.31. The van der Waals surface area contributed by atoms with E-state index in [-0.39, 0.29) is 11.2 Å². The Morgan fingerprint density at radius 3 is 2.48 bits per heavy atom. The second-order valence-corrected chi connectivity index (χ2v) is 8.61. The molecule has 2 aromatic carbocycles. The number of fused-ring (bicyclic) bond motifs is 1. The van der Waals surface area contributed by atoms with E-state index in [0.717, 1.165) is 16.2 Å². The third kappa shape index (κ3) is 4.83. The molecule has 3 rings (SSSR count). The first-order chi connectivity index (χ1) is 12.7.